The number of carbonyl (C=O) groups excluding carboxylic acids is 1. The molecule has 1 aromatic carbocycles. The van der Waals surface area contributed by atoms with Crippen molar-refractivity contribution in [2.75, 3.05) is 6.54 Å². The molecule has 5 rings (SSSR count). The minimum atomic E-state index is 0.156. The molecule has 2 aromatic heterocycles. The Balaban J connectivity index is 1.70. The van der Waals surface area contributed by atoms with Crippen LogP contribution in [0.1, 0.15) is 40.7 Å². The van der Waals surface area contributed by atoms with Crippen LogP contribution in [0.3, 0.4) is 0 Å². The Labute approximate surface area is 159 Å². The number of benzene rings is 1. The van der Waals surface area contributed by atoms with E-state index in [4.69, 9.17) is 4.98 Å². The topological polar surface area (TPSA) is 51.0 Å². The molecule has 27 heavy (non-hydrogen) atoms. The molecule has 3 heterocycles. The third kappa shape index (κ3) is 2.56. The molecule has 1 saturated carbocycles. The van der Waals surface area contributed by atoms with Crippen LogP contribution in [0.4, 0.5) is 0 Å². The summed E-state index contributed by atoms with van der Waals surface area (Å²) in [5.74, 6) is 0.844. The number of likely N-dealkylation sites (tertiary alicyclic amines) is 1. The van der Waals surface area contributed by atoms with E-state index in [1.54, 1.807) is 4.68 Å². The number of piperidine rings is 1. The Bertz CT molecular complexity index is 1070. The molecule has 0 unspecified atom stereocenters. The molecule has 0 N–H and O–H groups in total. The van der Waals surface area contributed by atoms with Gasteiger partial charge in [0.05, 0.1) is 23.0 Å². The highest BCUT2D eigenvalue weighted by molar-refractivity contribution is 6.08. The number of hydrogen-bond acceptors (Lipinski definition) is 3. The summed E-state index contributed by atoms with van der Waals surface area (Å²) in [5.41, 5.74) is 5.78. The summed E-state index contributed by atoms with van der Waals surface area (Å²) in [6.07, 6.45) is 7.34. The van der Waals surface area contributed by atoms with Gasteiger partial charge in [-0.3, -0.25) is 9.48 Å². The predicted molar refractivity (Wildman–Crippen MR) is 106 cm³/mol. The average molecular weight is 360 g/mol. The third-order valence-electron chi connectivity index (χ3n) is 6.41. The van der Waals surface area contributed by atoms with Crippen LogP contribution in [0.15, 0.2) is 30.6 Å². The molecule has 3 aromatic rings. The lowest BCUT2D eigenvalue weighted by Crippen LogP contribution is -2.37. The predicted octanol–water partition coefficient (Wildman–Crippen LogP) is 3.88. The van der Waals surface area contributed by atoms with Crippen molar-refractivity contribution in [2.24, 2.45) is 13.0 Å². The molecule has 2 fully saturated rings. The Morgan fingerprint density at radius 3 is 2.74 bits per heavy atom. The first-order valence-corrected chi connectivity index (χ1v) is 9.72. The first-order chi connectivity index (χ1) is 13.0. The van der Waals surface area contributed by atoms with Gasteiger partial charge in [0.15, 0.2) is 0 Å². The van der Waals surface area contributed by atoms with E-state index in [1.165, 1.54) is 18.4 Å². The van der Waals surface area contributed by atoms with Gasteiger partial charge in [-0.25, -0.2) is 4.98 Å². The lowest BCUT2D eigenvalue weighted by atomic mass is 9.98. The number of amides is 1. The van der Waals surface area contributed by atoms with E-state index in [0.717, 1.165) is 46.3 Å². The van der Waals surface area contributed by atoms with Gasteiger partial charge in [0.25, 0.3) is 5.91 Å². The van der Waals surface area contributed by atoms with Gasteiger partial charge < -0.3 is 4.90 Å². The van der Waals surface area contributed by atoms with Crippen LogP contribution in [0.25, 0.3) is 22.2 Å². The van der Waals surface area contributed by atoms with Gasteiger partial charge in [-0.15, -0.1) is 0 Å². The van der Waals surface area contributed by atoms with Gasteiger partial charge in [-0.1, -0.05) is 12.1 Å². The lowest BCUT2D eigenvalue weighted by molar-refractivity contribution is 0.0705. The summed E-state index contributed by atoms with van der Waals surface area (Å²) in [5, 5.41) is 5.23. The Kier molecular flexibility index (Phi) is 3.61. The molecule has 2 aliphatic rings. The second-order valence-electron chi connectivity index (χ2n) is 8.15. The number of pyridine rings is 1. The maximum atomic E-state index is 13.5. The maximum absolute atomic E-state index is 13.5. The van der Waals surface area contributed by atoms with Crippen molar-refractivity contribution in [1.29, 1.82) is 0 Å². The number of rotatable bonds is 2. The minimum Gasteiger partial charge on any atom is -0.335 e. The fourth-order valence-corrected chi connectivity index (χ4v) is 4.74. The molecular weight excluding hydrogens is 336 g/mol. The highest BCUT2D eigenvalue weighted by Gasteiger charge is 2.40. The van der Waals surface area contributed by atoms with E-state index in [9.17, 15) is 4.79 Å². The monoisotopic (exact) mass is 360 g/mol. The van der Waals surface area contributed by atoms with E-state index in [2.05, 4.69) is 36.0 Å². The van der Waals surface area contributed by atoms with Gasteiger partial charge in [-0.05, 0) is 56.2 Å². The van der Waals surface area contributed by atoms with Gasteiger partial charge in [-0.2, -0.15) is 5.10 Å². The fourth-order valence-electron chi connectivity index (χ4n) is 4.74. The number of carbonyl (C=O) groups is 1. The van der Waals surface area contributed by atoms with Crippen molar-refractivity contribution in [1.82, 2.24) is 19.7 Å². The van der Waals surface area contributed by atoms with Gasteiger partial charge in [0.1, 0.15) is 0 Å². The van der Waals surface area contributed by atoms with Gasteiger partial charge >= 0.3 is 0 Å². The molecule has 5 nitrogen and oxygen atoms in total. The van der Waals surface area contributed by atoms with Crippen LogP contribution < -0.4 is 0 Å². The van der Waals surface area contributed by atoms with Crippen LogP contribution in [0, 0.1) is 19.8 Å². The standard InChI is InChI=1S/C22H24N4O/c1-13-4-7-18-19(22(27)26-11-15-5-6-17(26)8-15)9-20(24-21(18)14(13)2)16-10-23-25(3)12-16/h4,7,9-10,12,15,17H,5-6,8,11H2,1-3H3/t15-,17-/m0/s1. The SMILES string of the molecule is Cc1ccc2c(C(=O)N3C[C@H]4CC[C@H]3C4)cc(-c3cnn(C)c3)nc2c1C. The number of hydrogen-bond donors (Lipinski definition) is 0. The molecule has 1 aliphatic heterocycles. The summed E-state index contributed by atoms with van der Waals surface area (Å²) in [6.45, 7) is 5.08. The van der Waals surface area contributed by atoms with E-state index in [0.29, 0.717) is 12.0 Å². The second kappa shape index (κ2) is 5.91. The van der Waals surface area contributed by atoms with Crippen molar-refractivity contribution >= 4 is 16.8 Å². The second-order valence-corrected chi connectivity index (χ2v) is 8.15. The Hall–Kier alpha value is -2.69. The largest absolute Gasteiger partial charge is 0.335 e. The van der Waals surface area contributed by atoms with Gasteiger partial charge in [0, 0.05) is 36.8 Å². The normalized spacial score (nSPS) is 21.4. The molecule has 138 valence electrons. The molecule has 1 amide bonds. The van der Waals surface area contributed by atoms with Crippen LogP contribution in [0.5, 0.6) is 0 Å². The van der Waals surface area contributed by atoms with E-state index in [-0.39, 0.29) is 5.91 Å². The molecule has 2 bridgehead atoms. The fraction of sp³-hybridized carbons (Fsp3) is 0.409. The zero-order valence-corrected chi connectivity index (χ0v) is 16.1. The molecule has 1 aliphatic carbocycles. The molecule has 0 spiro atoms. The van der Waals surface area contributed by atoms with Crippen LogP contribution in [-0.4, -0.2) is 38.2 Å². The number of fused-ring (bicyclic) bond motifs is 3. The highest BCUT2D eigenvalue weighted by Crippen LogP contribution is 2.39. The van der Waals surface area contributed by atoms with E-state index < -0.39 is 0 Å². The van der Waals surface area contributed by atoms with Crippen molar-refractivity contribution in [3.8, 4) is 11.3 Å². The summed E-state index contributed by atoms with van der Waals surface area (Å²) in [7, 11) is 1.90. The Morgan fingerprint density at radius 1 is 1.22 bits per heavy atom. The summed E-state index contributed by atoms with van der Waals surface area (Å²) < 4.78 is 1.77. The zero-order valence-electron chi connectivity index (χ0n) is 16.1. The zero-order chi connectivity index (χ0) is 18.7. The van der Waals surface area contributed by atoms with Gasteiger partial charge in [0.2, 0.25) is 0 Å². The average Bonchev–Trinajstić information content (AvgIpc) is 3.40. The molecule has 1 saturated heterocycles. The van der Waals surface area contributed by atoms with E-state index in [1.807, 2.05) is 25.5 Å². The van der Waals surface area contributed by atoms with Crippen LogP contribution in [-0.2, 0) is 7.05 Å². The first-order valence-electron chi connectivity index (χ1n) is 9.72. The summed E-state index contributed by atoms with van der Waals surface area (Å²) >= 11 is 0. The van der Waals surface area contributed by atoms with Crippen molar-refractivity contribution < 1.29 is 4.79 Å². The number of aromatic nitrogens is 3. The van der Waals surface area contributed by atoms with Crippen molar-refractivity contribution in [2.45, 2.75) is 39.2 Å². The summed E-state index contributed by atoms with van der Waals surface area (Å²) in [6, 6.07) is 6.52. The Morgan fingerprint density at radius 2 is 2.07 bits per heavy atom. The highest BCUT2D eigenvalue weighted by atomic mass is 16.2. The van der Waals surface area contributed by atoms with E-state index >= 15 is 0 Å². The van der Waals surface area contributed by atoms with Crippen LogP contribution >= 0.6 is 0 Å². The lowest BCUT2D eigenvalue weighted by Gasteiger charge is -2.27. The van der Waals surface area contributed by atoms with Crippen molar-refractivity contribution in [3.63, 3.8) is 0 Å². The smallest absolute Gasteiger partial charge is 0.254 e. The maximum Gasteiger partial charge on any atom is 0.254 e. The number of nitrogens with zero attached hydrogens (tertiary/aromatic N) is 4. The van der Waals surface area contributed by atoms with Crippen LogP contribution in [0.2, 0.25) is 0 Å². The first kappa shape index (κ1) is 16.5. The minimum absolute atomic E-state index is 0.156. The van der Waals surface area contributed by atoms with Crippen molar-refractivity contribution in [3.05, 3.63) is 47.3 Å². The number of aryl methyl sites for hydroxylation is 3. The molecule has 5 heteroatoms. The quantitative estimate of drug-likeness (QED) is 0.697. The molecular formula is C22H24N4O. The summed E-state index contributed by atoms with van der Waals surface area (Å²) in [4.78, 5) is 20.5. The molecule has 2 atom stereocenters. The molecule has 0 radical (unpaired) electrons. The third-order valence-corrected chi connectivity index (χ3v) is 6.41.